The van der Waals surface area contributed by atoms with Crippen molar-refractivity contribution < 1.29 is 58.5 Å². The molecule has 0 spiro atoms. The summed E-state index contributed by atoms with van der Waals surface area (Å²) in [5.41, 5.74) is 25.9. The third-order valence-corrected chi connectivity index (χ3v) is 16.2. The monoisotopic (exact) mass is 1160 g/mol. The van der Waals surface area contributed by atoms with E-state index in [0.717, 1.165) is 21.6 Å². The van der Waals surface area contributed by atoms with Gasteiger partial charge in [0.05, 0.1) is 17.4 Å². The molecular formula is C53H65ClN12O12S2. The number of benzene rings is 4. The van der Waals surface area contributed by atoms with Gasteiger partial charge < -0.3 is 80.8 Å². The molecule has 2 heterocycles. The van der Waals surface area contributed by atoms with Crippen LogP contribution in [0.15, 0.2) is 97.1 Å². The second-order valence-electron chi connectivity index (χ2n) is 19.2. The maximum Gasteiger partial charge on any atom is 0.312 e. The first-order valence-corrected chi connectivity index (χ1v) is 28.2. The van der Waals surface area contributed by atoms with Crippen molar-refractivity contribution in [3.8, 4) is 11.5 Å². The van der Waals surface area contributed by atoms with Gasteiger partial charge in [-0.15, -0.1) is 0 Å². The Morgan fingerprint density at radius 1 is 0.650 bits per heavy atom. The molecule has 428 valence electrons. The Kier molecular flexibility index (Phi) is 22.8. The zero-order chi connectivity index (χ0) is 58.0. The standard InChI is InChI=1S/C53H65ClN12O12S2/c54-32-14-8-27(9-15-32)21-35(56)46(71)64-40-26-79-80-44-42(52(77)61-37(45(57)70)22-29-10-16-33(67)17-11-29)66-51(76)41(43(44)69)65-47(72)36(3-1-2-20-55)60-48(73)38(23-28-4-6-31(7-5-28)25-59-53(58)78)62-49(74)39(63-50(40)75)24-30-12-18-34(68)19-13-30/h4-19,35-44,67-69H,1-3,20-26,55-56H2,(H2,57,70)(H,60,73)(H,61,77)(H,62,74)(H,63,75)(H,64,71)(H,65,72)(H,66,76)(H3,58,59,78)/t35-,36-,37+,38+,39-,40+,41-,42-,43-,44?/m0/s1. The maximum atomic E-state index is 14.8. The van der Waals surface area contributed by atoms with Crippen LogP contribution >= 0.6 is 33.2 Å². The number of fused-ring (bicyclic) bond motifs is 2. The van der Waals surface area contributed by atoms with Gasteiger partial charge in [-0.05, 0) is 96.4 Å². The number of carbonyl (C=O) groups excluding carboxylic acids is 9. The smallest absolute Gasteiger partial charge is 0.312 e. The molecule has 80 heavy (non-hydrogen) atoms. The molecule has 2 bridgehead atoms. The van der Waals surface area contributed by atoms with Gasteiger partial charge in [-0.3, -0.25) is 38.4 Å². The van der Waals surface area contributed by atoms with Gasteiger partial charge in [-0.1, -0.05) is 93.9 Å². The van der Waals surface area contributed by atoms with Crippen LogP contribution in [0.4, 0.5) is 4.79 Å². The van der Waals surface area contributed by atoms with Crippen LogP contribution < -0.4 is 65.5 Å². The lowest BCUT2D eigenvalue weighted by molar-refractivity contribution is -0.140. The topological polar surface area (TPSA) is 415 Å². The van der Waals surface area contributed by atoms with E-state index in [-0.39, 0.29) is 62.4 Å². The Balaban J connectivity index is 1.40. The number of carbonyl (C=O) groups is 9. The lowest BCUT2D eigenvalue weighted by Gasteiger charge is -2.40. The molecule has 0 aliphatic carbocycles. The lowest BCUT2D eigenvalue weighted by Crippen LogP contribution is -2.71. The van der Waals surface area contributed by atoms with Crippen molar-refractivity contribution in [1.29, 1.82) is 0 Å². The molecule has 19 N–H and O–H groups in total. The molecule has 4 aromatic rings. The summed E-state index contributed by atoms with van der Waals surface area (Å²) >= 11 is 6.08. The molecule has 6 rings (SSSR count). The molecule has 1 unspecified atom stereocenters. The van der Waals surface area contributed by atoms with Gasteiger partial charge in [0.25, 0.3) is 0 Å². The summed E-state index contributed by atoms with van der Waals surface area (Å²) in [6.07, 6.45) is -1.78. The van der Waals surface area contributed by atoms with Crippen molar-refractivity contribution in [1.82, 2.24) is 42.5 Å². The summed E-state index contributed by atoms with van der Waals surface area (Å²) in [6.45, 7) is 0.303. The van der Waals surface area contributed by atoms with Gasteiger partial charge in [0, 0.05) is 36.6 Å². The van der Waals surface area contributed by atoms with Crippen LogP contribution in [0.3, 0.4) is 0 Å². The quantitative estimate of drug-likeness (QED) is 0.0382. The Labute approximate surface area is 473 Å². The van der Waals surface area contributed by atoms with Crippen molar-refractivity contribution in [2.45, 2.75) is 111 Å². The summed E-state index contributed by atoms with van der Waals surface area (Å²) in [4.78, 5) is 125. The second kappa shape index (κ2) is 29.6. The van der Waals surface area contributed by atoms with Crippen molar-refractivity contribution >= 4 is 86.5 Å². The lowest BCUT2D eigenvalue weighted by atomic mass is 9.94. The minimum Gasteiger partial charge on any atom is -0.508 e. The van der Waals surface area contributed by atoms with E-state index in [1.165, 1.54) is 48.5 Å². The summed E-state index contributed by atoms with van der Waals surface area (Å²) < 4.78 is 0. The normalized spacial score (nSPS) is 22.7. The van der Waals surface area contributed by atoms with Gasteiger partial charge >= 0.3 is 6.03 Å². The molecule has 0 radical (unpaired) electrons. The highest BCUT2D eigenvalue weighted by molar-refractivity contribution is 8.77. The van der Waals surface area contributed by atoms with E-state index in [0.29, 0.717) is 45.7 Å². The average Bonchev–Trinajstić information content (AvgIpc) is 3.46. The number of aliphatic hydroxyl groups excluding tert-OH is 1. The minimum absolute atomic E-state index is 0.00629. The Morgan fingerprint density at radius 3 is 1.74 bits per heavy atom. The number of aromatic hydroxyl groups is 2. The van der Waals surface area contributed by atoms with Crippen LogP contribution in [-0.2, 0) is 70.6 Å². The largest absolute Gasteiger partial charge is 0.508 e. The molecule has 4 aromatic carbocycles. The average molecular weight is 1160 g/mol. The van der Waals surface area contributed by atoms with E-state index in [2.05, 4.69) is 42.5 Å². The number of phenols is 2. The van der Waals surface area contributed by atoms with Crippen LogP contribution in [0.1, 0.15) is 47.1 Å². The zero-order valence-electron chi connectivity index (χ0n) is 43.1. The number of piperidine rings is 1. The van der Waals surface area contributed by atoms with Crippen LogP contribution in [-0.4, -0.2) is 141 Å². The highest BCUT2D eigenvalue weighted by Crippen LogP contribution is 2.35. The summed E-state index contributed by atoms with van der Waals surface area (Å²) in [5, 5.41) is 52.1. The maximum absolute atomic E-state index is 14.8. The number of urea groups is 1. The molecule has 24 nitrogen and oxygen atoms in total. The van der Waals surface area contributed by atoms with E-state index >= 15 is 0 Å². The fourth-order valence-electron chi connectivity index (χ4n) is 8.65. The minimum atomic E-state index is -1.89. The highest BCUT2D eigenvalue weighted by atomic mass is 35.5. The van der Waals surface area contributed by atoms with Gasteiger partial charge in [-0.2, -0.15) is 0 Å². The second-order valence-corrected chi connectivity index (χ2v) is 22.2. The Morgan fingerprint density at radius 2 is 1.16 bits per heavy atom. The van der Waals surface area contributed by atoms with E-state index in [1.54, 1.807) is 48.5 Å². The number of amides is 10. The van der Waals surface area contributed by atoms with E-state index in [4.69, 9.17) is 34.5 Å². The summed E-state index contributed by atoms with van der Waals surface area (Å²) in [7, 11) is 1.66. The number of primary amides is 2. The number of phenolic OH excluding ortho intramolecular Hbond substituents is 2. The fourth-order valence-corrected chi connectivity index (χ4v) is 11.7. The van der Waals surface area contributed by atoms with E-state index < -0.39 is 113 Å². The zero-order valence-corrected chi connectivity index (χ0v) is 45.5. The Bertz CT molecular complexity index is 2840. The van der Waals surface area contributed by atoms with Crippen LogP contribution in [0.5, 0.6) is 11.5 Å². The third-order valence-electron chi connectivity index (χ3n) is 13.1. The van der Waals surface area contributed by atoms with Crippen molar-refractivity contribution in [2.75, 3.05) is 12.3 Å². The highest BCUT2D eigenvalue weighted by Gasteiger charge is 2.49. The number of rotatable bonds is 19. The molecule has 10 atom stereocenters. The SMILES string of the molecule is NCCCC[C@@H]1NC(=O)[C@@H](Cc2ccc(CNC(N)=O)cc2)NC(=O)[C@H](Cc2ccc(O)cc2)NC(=O)[C@H](NC(=O)[C@@H](N)Cc2ccc(Cl)cc2)CSSC2[C@@H](C(=O)N[C@H](Cc3ccc(O)cc3)C(N)=O)NC(=O)[C@@H](NC1=O)[C@@H]2O. The molecule has 2 aliphatic heterocycles. The van der Waals surface area contributed by atoms with Crippen LogP contribution in [0.2, 0.25) is 5.02 Å². The van der Waals surface area contributed by atoms with Crippen molar-refractivity contribution in [2.24, 2.45) is 22.9 Å². The first-order valence-electron chi connectivity index (χ1n) is 25.4. The van der Waals surface area contributed by atoms with Crippen LogP contribution in [0, 0.1) is 0 Å². The number of nitrogens with two attached hydrogens (primary N) is 4. The molecule has 0 aromatic heterocycles. The first-order chi connectivity index (χ1) is 38.2. The van der Waals surface area contributed by atoms with Crippen molar-refractivity contribution in [3.63, 3.8) is 0 Å². The third kappa shape index (κ3) is 18.2. The molecule has 10 amide bonds. The number of hydrogen-bond donors (Lipinski definition) is 15. The molecule has 27 heteroatoms. The summed E-state index contributed by atoms with van der Waals surface area (Å²) in [5.74, 6) is -7.85. The number of hydrogen-bond acceptors (Lipinski definition) is 16. The number of halogens is 1. The molecular weight excluding hydrogens is 1100 g/mol. The number of aliphatic hydroxyl groups is 1. The van der Waals surface area contributed by atoms with Crippen molar-refractivity contribution in [3.05, 3.63) is 130 Å². The predicted octanol–water partition coefficient (Wildman–Crippen LogP) is -1.34. The van der Waals surface area contributed by atoms with Gasteiger partial charge in [-0.25, -0.2) is 4.79 Å². The Hall–Kier alpha value is -7.62. The molecule has 2 fully saturated rings. The van der Waals surface area contributed by atoms with Gasteiger partial charge in [0.1, 0.15) is 53.8 Å². The van der Waals surface area contributed by atoms with Gasteiger partial charge in [0.15, 0.2) is 0 Å². The van der Waals surface area contributed by atoms with E-state index in [9.17, 15) is 58.5 Å². The fraction of sp³-hybridized carbons (Fsp3) is 0.377. The first kappa shape index (κ1) is 61.6. The van der Waals surface area contributed by atoms with Gasteiger partial charge in [0.2, 0.25) is 47.3 Å². The molecule has 0 saturated carbocycles. The predicted molar refractivity (Wildman–Crippen MR) is 299 cm³/mol. The summed E-state index contributed by atoms with van der Waals surface area (Å²) in [6, 6.07) is 12.0. The number of nitrogens with one attached hydrogen (secondary N) is 8. The van der Waals surface area contributed by atoms with E-state index in [1.807, 2.05) is 0 Å². The van der Waals surface area contributed by atoms with Crippen LogP contribution in [0.25, 0.3) is 0 Å². The number of unbranched alkanes of at least 4 members (excludes halogenated alkanes) is 1. The molecule has 2 aliphatic rings. The molecule has 2 saturated heterocycles.